The van der Waals surface area contributed by atoms with Crippen LogP contribution >= 0.6 is 0 Å². The average molecular weight is 189 g/mol. The van der Waals surface area contributed by atoms with Gasteiger partial charge in [-0.1, -0.05) is 51.6 Å². The number of nitrogens with one attached hydrogen (secondary N) is 1. The van der Waals surface area contributed by atoms with Crippen LogP contribution in [0.3, 0.4) is 0 Å². The van der Waals surface area contributed by atoms with Crippen LogP contribution in [0.2, 0.25) is 0 Å². The standard InChI is InChI=1S/C13H19N/c1-6-10-8-7-9-11(12(10)14-5)13(2,3)4/h6-9,14H,1H2,2-5H3. The van der Waals surface area contributed by atoms with Crippen LogP contribution in [0.4, 0.5) is 5.69 Å². The topological polar surface area (TPSA) is 12.0 Å². The molecule has 0 aromatic heterocycles. The normalized spacial score (nSPS) is 11.1. The van der Waals surface area contributed by atoms with Crippen molar-refractivity contribution in [2.24, 2.45) is 0 Å². The fraction of sp³-hybridized carbons (Fsp3) is 0.385. The average Bonchev–Trinajstić information content (AvgIpc) is 2.15. The van der Waals surface area contributed by atoms with Crippen molar-refractivity contribution in [1.82, 2.24) is 0 Å². The zero-order valence-electron chi connectivity index (χ0n) is 9.52. The summed E-state index contributed by atoms with van der Waals surface area (Å²) < 4.78 is 0. The molecule has 0 heterocycles. The summed E-state index contributed by atoms with van der Waals surface area (Å²) in [5, 5.41) is 3.25. The molecule has 1 aromatic rings. The molecule has 1 aromatic carbocycles. The zero-order valence-corrected chi connectivity index (χ0v) is 9.52. The van der Waals surface area contributed by atoms with Crippen LogP contribution in [0.5, 0.6) is 0 Å². The summed E-state index contributed by atoms with van der Waals surface area (Å²) in [5.41, 5.74) is 3.85. The third-order valence-corrected chi connectivity index (χ3v) is 2.37. The van der Waals surface area contributed by atoms with Gasteiger partial charge in [0.1, 0.15) is 0 Å². The Bertz CT molecular complexity index is 332. The lowest BCUT2D eigenvalue weighted by Crippen LogP contribution is -2.14. The highest BCUT2D eigenvalue weighted by Gasteiger charge is 2.18. The molecule has 0 fully saturated rings. The maximum absolute atomic E-state index is 3.82. The second-order valence-corrected chi connectivity index (χ2v) is 4.47. The summed E-state index contributed by atoms with van der Waals surface area (Å²) in [6.07, 6.45) is 1.89. The van der Waals surface area contributed by atoms with E-state index in [4.69, 9.17) is 0 Å². The third-order valence-electron chi connectivity index (χ3n) is 2.37. The minimum atomic E-state index is 0.164. The smallest absolute Gasteiger partial charge is 0.0448 e. The van der Waals surface area contributed by atoms with Gasteiger partial charge in [0.05, 0.1) is 0 Å². The Balaban J connectivity index is 3.36. The highest BCUT2D eigenvalue weighted by Crippen LogP contribution is 2.32. The predicted octanol–water partition coefficient (Wildman–Crippen LogP) is 3.67. The Morgan fingerprint density at radius 2 is 1.93 bits per heavy atom. The summed E-state index contributed by atoms with van der Waals surface area (Å²) in [6.45, 7) is 10.5. The summed E-state index contributed by atoms with van der Waals surface area (Å²) in [6, 6.07) is 6.32. The van der Waals surface area contributed by atoms with Crippen molar-refractivity contribution in [1.29, 1.82) is 0 Å². The molecule has 0 saturated heterocycles. The summed E-state index contributed by atoms with van der Waals surface area (Å²) in [7, 11) is 1.96. The second-order valence-electron chi connectivity index (χ2n) is 4.47. The molecule has 0 radical (unpaired) electrons. The van der Waals surface area contributed by atoms with E-state index in [-0.39, 0.29) is 5.41 Å². The van der Waals surface area contributed by atoms with E-state index in [0.717, 1.165) is 0 Å². The molecule has 0 aliphatic heterocycles. The van der Waals surface area contributed by atoms with E-state index in [0.29, 0.717) is 0 Å². The molecule has 0 saturated carbocycles. The van der Waals surface area contributed by atoms with Crippen molar-refractivity contribution in [3.63, 3.8) is 0 Å². The molecular weight excluding hydrogens is 170 g/mol. The molecule has 0 unspecified atom stereocenters. The highest BCUT2D eigenvalue weighted by atomic mass is 14.8. The van der Waals surface area contributed by atoms with Gasteiger partial charge in [-0.05, 0) is 16.5 Å². The first kappa shape index (κ1) is 10.8. The van der Waals surface area contributed by atoms with E-state index >= 15 is 0 Å². The molecular formula is C13H19N. The fourth-order valence-electron chi connectivity index (χ4n) is 1.64. The van der Waals surface area contributed by atoms with Gasteiger partial charge in [-0.25, -0.2) is 0 Å². The summed E-state index contributed by atoms with van der Waals surface area (Å²) >= 11 is 0. The number of hydrogen-bond donors (Lipinski definition) is 1. The van der Waals surface area contributed by atoms with Gasteiger partial charge in [-0.3, -0.25) is 0 Å². The van der Waals surface area contributed by atoms with Crippen molar-refractivity contribution in [3.8, 4) is 0 Å². The Hall–Kier alpha value is -1.24. The number of anilines is 1. The van der Waals surface area contributed by atoms with E-state index in [1.165, 1.54) is 16.8 Å². The lowest BCUT2D eigenvalue weighted by atomic mass is 9.84. The zero-order chi connectivity index (χ0) is 10.8. The lowest BCUT2D eigenvalue weighted by Gasteiger charge is -2.24. The minimum absolute atomic E-state index is 0.164. The maximum Gasteiger partial charge on any atom is 0.0448 e. The summed E-state index contributed by atoms with van der Waals surface area (Å²) in [5.74, 6) is 0. The van der Waals surface area contributed by atoms with Gasteiger partial charge in [0.15, 0.2) is 0 Å². The van der Waals surface area contributed by atoms with Gasteiger partial charge < -0.3 is 5.32 Å². The monoisotopic (exact) mass is 189 g/mol. The van der Waals surface area contributed by atoms with Crippen LogP contribution in [-0.2, 0) is 5.41 Å². The van der Waals surface area contributed by atoms with Gasteiger partial charge in [0.25, 0.3) is 0 Å². The first-order chi connectivity index (χ1) is 6.50. The van der Waals surface area contributed by atoms with E-state index in [1.807, 2.05) is 13.1 Å². The lowest BCUT2D eigenvalue weighted by molar-refractivity contribution is 0.592. The molecule has 0 atom stereocenters. The van der Waals surface area contributed by atoms with Crippen molar-refractivity contribution in [2.75, 3.05) is 12.4 Å². The quantitative estimate of drug-likeness (QED) is 0.748. The van der Waals surface area contributed by atoms with E-state index in [9.17, 15) is 0 Å². The van der Waals surface area contributed by atoms with Gasteiger partial charge in [-0.15, -0.1) is 0 Å². The van der Waals surface area contributed by atoms with Crippen molar-refractivity contribution in [3.05, 3.63) is 35.9 Å². The van der Waals surface area contributed by atoms with Gasteiger partial charge >= 0.3 is 0 Å². The second kappa shape index (κ2) is 3.87. The Morgan fingerprint density at radius 3 is 2.36 bits per heavy atom. The van der Waals surface area contributed by atoms with Crippen LogP contribution < -0.4 is 5.32 Å². The Morgan fingerprint density at radius 1 is 1.29 bits per heavy atom. The van der Waals surface area contributed by atoms with E-state index < -0.39 is 0 Å². The molecule has 76 valence electrons. The van der Waals surface area contributed by atoms with Crippen LogP contribution in [0.25, 0.3) is 6.08 Å². The van der Waals surface area contributed by atoms with Crippen LogP contribution in [0.1, 0.15) is 31.9 Å². The van der Waals surface area contributed by atoms with Crippen LogP contribution in [0.15, 0.2) is 24.8 Å². The first-order valence-electron chi connectivity index (χ1n) is 4.94. The molecule has 0 aliphatic carbocycles. The molecule has 0 spiro atoms. The first-order valence-corrected chi connectivity index (χ1v) is 4.94. The summed E-state index contributed by atoms with van der Waals surface area (Å²) in [4.78, 5) is 0. The number of benzene rings is 1. The molecule has 0 aliphatic rings. The van der Waals surface area contributed by atoms with E-state index in [1.54, 1.807) is 0 Å². The SMILES string of the molecule is C=Cc1cccc(C(C)(C)C)c1NC. The van der Waals surface area contributed by atoms with Crippen molar-refractivity contribution in [2.45, 2.75) is 26.2 Å². The number of para-hydroxylation sites is 1. The molecule has 14 heavy (non-hydrogen) atoms. The van der Waals surface area contributed by atoms with Gasteiger partial charge in [-0.2, -0.15) is 0 Å². The molecule has 1 nitrogen and oxygen atoms in total. The van der Waals surface area contributed by atoms with Crippen LogP contribution in [0, 0.1) is 0 Å². The highest BCUT2D eigenvalue weighted by molar-refractivity contribution is 5.70. The van der Waals surface area contributed by atoms with Crippen molar-refractivity contribution < 1.29 is 0 Å². The molecule has 1 N–H and O–H groups in total. The van der Waals surface area contributed by atoms with Crippen molar-refractivity contribution >= 4 is 11.8 Å². The Labute approximate surface area is 86.8 Å². The van der Waals surface area contributed by atoms with Gasteiger partial charge in [0.2, 0.25) is 0 Å². The third kappa shape index (κ3) is 1.98. The number of hydrogen-bond acceptors (Lipinski definition) is 1. The Kier molecular flexibility index (Phi) is 3.00. The molecule has 1 heteroatoms. The molecule has 0 bridgehead atoms. The fourth-order valence-corrected chi connectivity index (χ4v) is 1.64. The molecule has 1 rings (SSSR count). The largest absolute Gasteiger partial charge is 0.387 e. The van der Waals surface area contributed by atoms with E-state index in [2.05, 4.69) is 50.9 Å². The maximum atomic E-state index is 3.82. The molecule has 0 amide bonds. The predicted molar refractivity (Wildman–Crippen MR) is 64.8 cm³/mol. The number of rotatable bonds is 2. The minimum Gasteiger partial charge on any atom is -0.387 e. The van der Waals surface area contributed by atoms with Crippen LogP contribution in [-0.4, -0.2) is 7.05 Å². The van der Waals surface area contributed by atoms with Gasteiger partial charge in [0, 0.05) is 12.7 Å².